The molecule has 3 rings (SSSR count). The van der Waals surface area contributed by atoms with Crippen LogP contribution in [0.2, 0.25) is 0 Å². The predicted molar refractivity (Wildman–Crippen MR) is 127 cm³/mol. The van der Waals surface area contributed by atoms with Gasteiger partial charge in [-0.1, -0.05) is 12.1 Å². The van der Waals surface area contributed by atoms with Gasteiger partial charge in [0.1, 0.15) is 29.7 Å². The average molecular weight is 547 g/mol. The van der Waals surface area contributed by atoms with Crippen LogP contribution < -0.4 is 14.8 Å². The quantitative estimate of drug-likeness (QED) is 0.237. The van der Waals surface area contributed by atoms with Gasteiger partial charge in [0.25, 0.3) is 0 Å². The zero-order valence-electron chi connectivity index (χ0n) is 21.2. The van der Waals surface area contributed by atoms with Crippen LogP contribution in [0.25, 0.3) is 10.9 Å². The van der Waals surface area contributed by atoms with E-state index in [-0.39, 0.29) is 47.1 Å². The van der Waals surface area contributed by atoms with E-state index in [1.165, 1.54) is 39.2 Å². The summed E-state index contributed by atoms with van der Waals surface area (Å²) in [7, 11) is 1.39. The van der Waals surface area contributed by atoms with Crippen LogP contribution in [0.3, 0.4) is 0 Å². The lowest BCUT2D eigenvalue weighted by molar-refractivity contribution is -0.275. The van der Waals surface area contributed by atoms with E-state index >= 15 is 4.39 Å². The van der Waals surface area contributed by atoms with Crippen LogP contribution in [0.5, 0.6) is 11.5 Å². The van der Waals surface area contributed by atoms with Crippen molar-refractivity contribution in [3.8, 4) is 11.5 Å². The summed E-state index contributed by atoms with van der Waals surface area (Å²) in [6, 6.07) is 4.74. The summed E-state index contributed by atoms with van der Waals surface area (Å²) < 4.78 is 98.1. The number of nitrogens with zero attached hydrogens (tertiary/aromatic N) is 2. The first-order valence-electron chi connectivity index (χ1n) is 11.4. The average Bonchev–Trinajstić information content (AvgIpc) is 2.77. The number of anilines is 1. The molecule has 1 aromatic heterocycles. The van der Waals surface area contributed by atoms with Crippen LogP contribution in [0, 0.1) is 12.7 Å². The molecule has 0 saturated carbocycles. The van der Waals surface area contributed by atoms with Crippen LogP contribution in [0.15, 0.2) is 30.3 Å². The van der Waals surface area contributed by atoms with Crippen molar-refractivity contribution in [1.29, 1.82) is 0 Å². The minimum atomic E-state index is -5.00. The number of methoxy groups -OCH3 is 1. The minimum Gasteiger partial charge on any atom is -0.487 e. The van der Waals surface area contributed by atoms with E-state index in [4.69, 9.17) is 9.47 Å². The van der Waals surface area contributed by atoms with Crippen LogP contribution in [-0.2, 0) is 10.7 Å². The van der Waals surface area contributed by atoms with Gasteiger partial charge in [0.15, 0.2) is 11.5 Å². The smallest absolute Gasteiger partial charge is 0.487 e. The number of benzene rings is 2. The van der Waals surface area contributed by atoms with Crippen LogP contribution >= 0.6 is 0 Å². The summed E-state index contributed by atoms with van der Waals surface area (Å²) in [6.45, 7) is 4.73. The molecule has 0 amide bonds. The fourth-order valence-electron chi connectivity index (χ4n) is 3.65. The van der Waals surface area contributed by atoms with Gasteiger partial charge in [0, 0.05) is 24.1 Å². The maximum atomic E-state index is 15.3. The molecule has 0 aliphatic rings. The molecule has 2 N–H and O–H groups in total. The van der Waals surface area contributed by atoms with Crippen molar-refractivity contribution in [3.63, 3.8) is 0 Å². The molecule has 0 unspecified atom stereocenters. The molecule has 13 heteroatoms. The molecule has 0 fully saturated rings. The summed E-state index contributed by atoms with van der Waals surface area (Å²) in [6.07, 6.45) is -5.00. The Morgan fingerprint density at radius 3 is 2.32 bits per heavy atom. The molecule has 208 valence electrons. The van der Waals surface area contributed by atoms with Gasteiger partial charge in [0.05, 0.1) is 23.7 Å². The van der Waals surface area contributed by atoms with Crippen molar-refractivity contribution < 1.29 is 45.7 Å². The number of alkyl halides is 5. The fourth-order valence-corrected chi connectivity index (χ4v) is 3.65. The lowest BCUT2D eigenvalue weighted by atomic mass is 9.91. The Labute approximate surface area is 214 Å². The standard InChI is InChI=1S/C25H27F6N3O4/c1-13(15-7-6-8-17(21(15)26)24(27,28)23(3,4)35)32-22-16-11-19(37-10-9-36-5)20(38-25(29,30)31)12-18(16)33-14(2)34-22/h6-8,11-13,35H,9-10H2,1-5H3,(H,32,33,34)/t13-/m1/s1. The van der Waals surface area contributed by atoms with Crippen molar-refractivity contribution in [2.75, 3.05) is 25.6 Å². The van der Waals surface area contributed by atoms with Crippen molar-refractivity contribution in [2.45, 2.75) is 51.6 Å². The molecule has 2 aromatic carbocycles. The molecule has 0 saturated heterocycles. The molecule has 0 bridgehead atoms. The number of ether oxygens (including phenoxy) is 3. The first kappa shape index (κ1) is 29.2. The maximum Gasteiger partial charge on any atom is 0.573 e. The van der Waals surface area contributed by atoms with Gasteiger partial charge in [-0.05, 0) is 39.8 Å². The van der Waals surface area contributed by atoms with Crippen molar-refractivity contribution >= 4 is 16.7 Å². The number of hydrogen-bond acceptors (Lipinski definition) is 7. The first-order valence-corrected chi connectivity index (χ1v) is 11.4. The summed E-state index contributed by atoms with van der Waals surface area (Å²) >= 11 is 0. The monoisotopic (exact) mass is 547 g/mol. The van der Waals surface area contributed by atoms with Crippen molar-refractivity contribution in [2.24, 2.45) is 0 Å². The highest BCUT2D eigenvalue weighted by Crippen LogP contribution is 2.42. The number of hydrogen-bond donors (Lipinski definition) is 2. The number of fused-ring (bicyclic) bond motifs is 1. The highest BCUT2D eigenvalue weighted by molar-refractivity contribution is 5.92. The topological polar surface area (TPSA) is 85.7 Å². The highest BCUT2D eigenvalue weighted by atomic mass is 19.4. The van der Waals surface area contributed by atoms with E-state index in [1.54, 1.807) is 0 Å². The van der Waals surface area contributed by atoms with Gasteiger partial charge in [-0.2, -0.15) is 8.78 Å². The lowest BCUT2D eigenvalue weighted by Gasteiger charge is -2.30. The van der Waals surface area contributed by atoms with E-state index in [1.807, 2.05) is 0 Å². The second-order valence-electron chi connectivity index (χ2n) is 9.03. The highest BCUT2D eigenvalue weighted by Gasteiger charge is 2.49. The van der Waals surface area contributed by atoms with Crippen molar-refractivity contribution in [1.82, 2.24) is 9.97 Å². The lowest BCUT2D eigenvalue weighted by Crippen LogP contribution is -2.41. The molecule has 0 spiro atoms. The third-order valence-corrected chi connectivity index (χ3v) is 5.60. The van der Waals surface area contributed by atoms with E-state index in [9.17, 15) is 27.1 Å². The van der Waals surface area contributed by atoms with Gasteiger partial charge < -0.3 is 24.6 Å². The van der Waals surface area contributed by atoms with E-state index in [0.717, 1.165) is 26.0 Å². The molecular weight excluding hydrogens is 520 g/mol. The van der Waals surface area contributed by atoms with Gasteiger partial charge >= 0.3 is 12.3 Å². The van der Waals surface area contributed by atoms with Crippen molar-refractivity contribution in [3.05, 3.63) is 53.1 Å². The zero-order valence-corrected chi connectivity index (χ0v) is 21.2. The predicted octanol–water partition coefficient (Wildman–Crippen LogP) is 6.04. The molecule has 0 aliphatic heterocycles. The fraction of sp³-hybridized carbons (Fsp3) is 0.440. The number of rotatable bonds is 10. The molecule has 1 atom stereocenters. The third-order valence-electron chi connectivity index (χ3n) is 5.60. The zero-order chi connectivity index (χ0) is 28.5. The summed E-state index contributed by atoms with van der Waals surface area (Å²) in [5.41, 5.74) is -3.60. The number of aryl methyl sites for hydroxylation is 1. The number of aromatic nitrogens is 2. The summed E-state index contributed by atoms with van der Waals surface area (Å²) in [5.74, 6) is -5.76. The molecular formula is C25H27F6N3O4. The van der Waals surface area contributed by atoms with Crippen LogP contribution in [0.1, 0.15) is 43.8 Å². The largest absolute Gasteiger partial charge is 0.573 e. The van der Waals surface area contributed by atoms with Crippen LogP contribution in [0.4, 0.5) is 32.2 Å². The maximum absolute atomic E-state index is 15.3. The van der Waals surface area contributed by atoms with E-state index < -0.39 is 41.1 Å². The second kappa shape index (κ2) is 10.8. The van der Waals surface area contributed by atoms with Gasteiger partial charge in [-0.25, -0.2) is 14.4 Å². The molecule has 38 heavy (non-hydrogen) atoms. The SMILES string of the molecule is COCCOc1cc2c(N[C@H](C)c3cccc(C(F)(F)C(C)(C)O)c3F)nc(C)nc2cc1OC(F)(F)F. The Morgan fingerprint density at radius 1 is 1.03 bits per heavy atom. The Kier molecular flexibility index (Phi) is 8.32. The number of nitrogens with one attached hydrogen (secondary N) is 1. The molecule has 3 aromatic rings. The first-order chi connectivity index (χ1) is 17.5. The number of aliphatic hydroxyl groups is 1. The van der Waals surface area contributed by atoms with Crippen LogP contribution in [-0.4, -0.2) is 47.4 Å². The van der Waals surface area contributed by atoms with Gasteiger partial charge in [-0.15, -0.1) is 13.2 Å². The Morgan fingerprint density at radius 2 is 1.71 bits per heavy atom. The molecule has 1 heterocycles. The third kappa shape index (κ3) is 6.38. The Bertz CT molecular complexity index is 1290. The number of halogens is 6. The normalized spacial score (nSPS) is 13.5. The summed E-state index contributed by atoms with van der Waals surface area (Å²) in [5, 5.41) is 13.0. The minimum absolute atomic E-state index is 0.0633. The summed E-state index contributed by atoms with van der Waals surface area (Å²) in [4.78, 5) is 8.43. The molecule has 0 aliphatic carbocycles. The Hall–Kier alpha value is -3.32. The van der Waals surface area contributed by atoms with E-state index in [0.29, 0.717) is 0 Å². The van der Waals surface area contributed by atoms with Gasteiger partial charge in [-0.3, -0.25) is 0 Å². The molecule has 7 nitrogen and oxygen atoms in total. The van der Waals surface area contributed by atoms with E-state index in [2.05, 4.69) is 20.0 Å². The molecule has 0 radical (unpaired) electrons. The van der Waals surface area contributed by atoms with Gasteiger partial charge in [0.2, 0.25) is 0 Å². The Balaban J connectivity index is 2.07. The second-order valence-corrected chi connectivity index (χ2v) is 9.03.